The number of aliphatic carboxylic acids is 1. The Morgan fingerprint density at radius 1 is 1.18 bits per heavy atom. The Kier molecular flexibility index (Phi) is 4.74. The molecule has 0 spiro atoms. The first-order chi connectivity index (χ1) is 10.2. The van der Waals surface area contributed by atoms with Gasteiger partial charge in [-0.3, -0.25) is 10.1 Å². The molecule has 1 aliphatic carbocycles. The minimum Gasteiger partial charge on any atom is -0.481 e. The number of hydrogen-bond donors (Lipinski definition) is 2. The zero-order valence-corrected chi connectivity index (χ0v) is 13.3. The van der Waals surface area contributed by atoms with Crippen LogP contribution in [0.2, 0.25) is 0 Å². The molecule has 0 unspecified atom stereocenters. The number of hydrogen-bond acceptors (Lipinski definition) is 3. The van der Waals surface area contributed by atoms with Gasteiger partial charge in [-0.2, -0.15) is 0 Å². The van der Waals surface area contributed by atoms with Crippen molar-refractivity contribution in [2.45, 2.75) is 51.6 Å². The molecule has 0 bridgehead atoms. The number of carbonyl (C=O) groups is 2. The van der Waals surface area contributed by atoms with E-state index >= 15 is 0 Å². The first-order valence-corrected chi connectivity index (χ1v) is 7.57. The SMILES string of the molecule is CC(C)(C)OC(=O)Nc1ccc([C@@H]2CC[C@@H](C(=O)O)C2)cc1. The number of ether oxygens (including phenoxy) is 1. The Morgan fingerprint density at radius 2 is 1.82 bits per heavy atom. The Bertz CT molecular complexity index is 545. The largest absolute Gasteiger partial charge is 0.481 e. The third kappa shape index (κ3) is 4.48. The number of benzene rings is 1. The summed E-state index contributed by atoms with van der Waals surface area (Å²) < 4.78 is 5.20. The quantitative estimate of drug-likeness (QED) is 0.885. The van der Waals surface area contributed by atoms with Gasteiger partial charge in [-0.15, -0.1) is 0 Å². The maximum Gasteiger partial charge on any atom is 0.412 e. The van der Waals surface area contributed by atoms with Gasteiger partial charge in [0, 0.05) is 5.69 Å². The molecule has 1 saturated carbocycles. The van der Waals surface area contributed by atoms with Gasteiger partial charge in [0.05, 0.1) is 5.92 Å². The van der Waals surface area contributed by atoms with Crippen LogP contribution in [0.25, 0.3) is 0 Å². The van der Waals surface area contributed by atoms with Gasteiger partial charge in [-0.05, 0) is 63.6 Å². The lowest BCUT2D eigenvalue weighted by atomic mass is 9.96. The highest BCUT2D eigenvalue weighted by Gasteiger charge is 2.30. The summed E-state index contributed by atoms with van der Waals surface area (Å²) in [6.07, 6.45) is 1.84. The predicted molar refractivity (Wildman–Crippen MR) is 84.0 cm³/mol. The predicted octanol–water partition coefficient (Wildman–Crippen LogP) is 4.00. The molecule has 1 aromatic carbocycles. The number of anilines is 1. The zero-order valence-electron chi connectivity index (χ0n) is 13.3. The van der Waals surface area contributed by atoms with E-state index in [1.54, 1.807) is 0 Å². The van der Waals surface area contributed by atoms with Crippen molar-refractivity contribution in [1.82, 2.24) is 0 Å². The van der Waals surface area contributed by atoms with Gasteiger partial charge in [-0.1, -0.05) is 12.1 Å². The van der Waals surface area contributed by atoms with Gasteiger partial charge in [0.1, 0.15) is 5.60 Å². The van der Waals surface area contributed by atoms with Crippen molar-refractivity contribution in [3.05, 3.63) is 29.8 Å². The second kappa shape index (κ2) is 6.38. The zero-order chi connectivity index (χ0) is 16.3. The van der Waals surface area contributed by atoms with Gasteiger partial charge >= 0.3 is 12.1 Å². The molecule has 1 aromatic rings. The summed E-state index contributed by atoms with van der Waals surface area (Å²) in [5, 5.41) is 11.7. The van der Waals surface area contributed by atoms with Crippen molar-refractivity contribution in [3.63, 3.8) is 0 Å². The summed E-state index contributed by atoms with van der Waals surface area (Å²) in [6, 6.07) is 7.55. The van der Waals surface area contributed by atoms with Crippen LogP contribution in [0.4, 0.5) is 10.5 Å². The molecule has 1 aliphatic rings. The number of carboxylic acid groups (broad SMARTS) is 1. The molecular formula is C17H23NO4. The molecule has 0 aromatic heterocycles. The van der Waals surface area contributed by atoms with Crippen molar-refractivity contribution in [2.75, 3.05) is 5.32 Å². The molecule has 1 fully saturated rings. The summed E-state index contributed by atoms with van der Waals surface area (Å²) in [6.45, 7) is 5.44. The fourth-order valence-corrected chi connectivity index (χ4v) is 2.77. The fraction of sp³-hybridized carbons (Fsp3) is 0.529. The Labute approximate surface area is 130 Å². The minimum absolute atomic E-state index is 0.232. The second-order valence-electron chi connectivity index (χ2n) is 6.79. The monoisotopic (exact) mass is 305 g/mol. The van der Waals surface area contributed by atoms with Crippen molar-refractivity contribution in [1.29, 1.82) is 0 Å². The smallest absolute Gasteiger partial charge is 0.412 e. The van der Waals surface area contributed by atoms with Gasteiger partial charge in [0.15, 0.2) is 0 Å². The Balaban J connectivity index is 1.94. The molecular weight excluding hydrogens is 282 g/mol. The summed E-state index contributed by atoms with van der Waals surface area (Å²) in [5.41, 5.74) is 1.27. The molecule has 22 heavy (non-hydrogen) atoms. The molecule has 2 rings (SSSR count). The van der Waals surface area contributed by atoms with Crippen LogP contribution in [0.5, 0.6) is 0 Å². The maximum absolute atomic E-state index is 11.7. The number of carbonyl (C=O) groups excluding carboxylic acids is 1. The molecule has 2 N–H and O–H groups in total. The maximum atomic E-state index is 11.7. The topological polar surface area (TPSA) is 75.6 Å². The third-order valence-electron chi connectivity index (χ3n) is 3.81. The molecule has 5 heteroatoms. The van der Waals surface area contributed by atoms with Crippen molar-refractivity contribution >= 4 is 17.7 Å². The van der Waals surface area contributed by atoms with Gasteiger partial charge in [0.2, 0.25) is 0 Å². The van der Waals surface area contributed by atoms with E-state index in [-0.39, 0.29) is 11.8 Å². The van der Waals surface area contributed by atoms with E-state index in [9.17, 15) is 9.59 Å². The van der Waals surface area contributed by atoms with E-state index in [4.69, 9.17) is 9.84 Å². The first kappa shape index (κ1) is 16.3. The summed E-state index contributed by atoms with van der Waals surface area (Å²) in [7, 11) is 0. The van der Waals surface area contributed by atoms with Gasteiger partial charge < -0.3 is 9.84 Å². The van der Waals surface area contributed by atoms with E-state index in [0.717, 1.165) is 18.4 Å². The summed E-state index contributed by atoms with van der Waals surface area (Å²) >= 11 is 0. The Morgan fingerprint density at radius 3 is 2.32 bits per heavy atom. The van der Waals surface area contributed by atoms with Crippen LogP contribution in [0.1, 0.15) is 51.5 Å². The van der Waals surface area contributed by atoms with Crippen LogP contribution in [-0.4, -0.2) is 22.8 Å². The lowest BCUT2D eigenvalue weighted by molar-refractivity contribution is -0.141. The lowest BCUT2D eigenvalue weighted by Gasteiger charge is -2.19. The summed E-state index contributed by atoms with van der Waals surface area (Å²) in [5.74, 6) is -0.646. The van der Waals surface area contributed by atoms with E-state index < -0.39 is 17.7 Å². The molecule has 2 atom stereocenters. The van der Waals surface area contributed by atoms with Gasteiger partial charge in [-0.25, -0.2) is 4.79 Å². The highest BCUT2D eigenvalue weighted by atomic mass is 16.6. The van der Waals surface area contributed by atoms with E-state index in [1.165, 1.54) is 0 Å². The second-order valence-corrected chi connectivity index (χ2v) is 6.79. The van der Waals surface area contributed by atoms with E-state index in [0.29, 0.717) is 12.1 Å². The van der Waals surface area contributed by atoms with E-state index in [2.05, 4.69) is 5.32 Å². The van der Waals surface area contributed by atoms with Crippen LogP contribution in [-0.2, 0) is 9.53 Å². The molecule has 0 aliphatic heterocycles. The fourth-order valence-electron chi connectivity index (χ4n) is 2.77. The highest BCUT2D eigenvalue weighted by Crippen LogP contribution is 2.38. The highest BCUT2D eigenvalue weighted by molar-refractivity contribution is 5.84. The molecule has 0 heterocycles. The van der Waals surface area contributed by atoms with Crippen LogP contribution in [0.3, 0.4) is 0 Å². The molecule has 0 saturated heterocycles. The van der Waals surface area contributed by atoms with Crippen molar-refractivity contribution < 1.29 is 19.4 Å². The first-order valence-electron chi connectivity index (χ1n) is 7.57. The lowest BCUT2D eigenvalue weighted by Crippen LogP contribution is -2.27. The average Bonchev–Trinajstić information content (AvgIpc) is 2.87. The number of amides is 1. The molecule has 120 valence electrons. The van der Waals surface area contributed by atoms with Crippen LogP contribution in [0.15, 0.2) is 24.3 Å². The summed E-state index contributed by atoms with van der Waals surface area (Å²) in [4.78, 5) is 22.7. The van der Waals surface area contributed by atoms with Crippen molar-refractivity contribution in [2.24, 2.45) is 5.92 Å². The molecule has 5 nitrogen and oxygen atoms in total. The van der Waals surface area contributed by atoms with Crippen LogP contribution < -0.4 is 5.32 Å². The molecule has 1 amide bonds. The Hall–Kier alpha value is -2.04. The third-order valence-corrected chi connectivity index (χ3v) is 3.81. The normalized spacial score (nSPS) is 21.4. The molecule has 0 radical (unpaired) electrons. The van der Waals surface area contributed by atoms with E-state index in [1.807, 2.05) is 45.0 Å². The number of nitrogens with one attached hydrogen (secondary N) is 1. The van der Waals surface area contributed by atoms with Gasteiger partial charge in [0.25, 0.3) is 0 Å². The standard InChI is InChI=1S/C17H23NO4/c1-17(2,3)22-16(21)18-14-8-6-11(7-9-14)12-4-5-13(10-12)15(19)20/h6-9,12-13H,4-5,10H2,1-3H3,(H,18,21)(H,19,20)/t12-,13-/m1/s1. The average molecular weight is 305 g/mol. The number of rotatable bonds is 3. The minimum atomic E-state index is -0.703. The van der Waals surface area contributed by atoms with Crippen LogP contribution >= 0.6 is 0 Å². The van der Waals surface area contributed by atoms with Crippen molar-refractivity contribution in [3.8, 4) is 0 Å². The number of carboxylic acids is 1. The van der Waals surface area contributed by atoms with Crippen LogP contribution in [0, 0.1) is 5.92 Å².